The summed E-state index contributed by atoms with van der Waals surface area (Å²) < 4.78 is 19.7. The standard InChI is InChI=1S/C10H23O5P/c1-3-5-6-7-8-9-10-13-15-16(11,12)14-4-2/h3-10H2,1-2H3,(H,11,12). The van der Waals surface area contributed by atoms with Gasteiger partial charge in [-0.15, -0.1) is 4.67 Å². The monoisotopic (exact) mass is 254 g/mol. The van der Waals surface area contributed by atoms with Gasteiger partial charge in [0.2, 0.25) is 0 Å². The third-order valence-electron chi connectivity index (χ3n) is 2.02. The Morgan fingerprint density at radius 3 is 2.31 bits per heavy atom. The van der Waals surface area contributed by atoms with Crippen molar-refractivity contribution in [3.63, 3.8) is 0 Å². The predicted molar refractivity (Wildman–Crippen MR) is 61.9 cm³/mol. The first-order valence-electron chi connectivity index (χ1n) is 5.91. The molecule has 1 unspecified atom stereocenters. The maximum atomic E-state index is 11.0. The number of unbranched alkanes of at least 4 members (excludes halogenated alkanes) is 5. The lowest BCUT2D eigenvalue weighted by molar-refractivity contribution is -0.224. The first-order valence-corrected chi connectivity index (χ1v) is 7.40. The third kappa shape index (κ3) is 10.6. The van der Waals surface area contributed by atoms with Crippen LogP contribution in [0.2, 0.25) is 0 Å². The lowest BCUT2D eigenvalue weighted by Crippen LogP contribution is -1.98. The van der Waals surface area contributed by atoms with Crippen LogP contribution >= 0.6 is 7.82 Å². The van der Waals surface area contributed by atoms with E-state index < -0.39 is 7.82 Å². The quantitative estimate of drug-likeness (QED) is 0.265. The highest BCUT2D eigenvalue weighted by Gasteiger charge is 2.21. The summed E-state index contributed by atoms with van der Waals surface area (Å²) in [7, 11) is -3.98. The molecule has 1 N–H and O–H groups in total. The van der Waals surface area contributed by atoms with Crippen molar-refractivity contribution in [3.8, 4) is 0 Å². The molecule has 5 nitrogen and oxygen atoms in total. The van der Waals surface area contributed by atoms with E-state index in [1.807, 2.05) is 0 Å². The van der Waals surface area contributed by atoms with Gasteiger partial charge >= 0.3 is 7.82 Å². The molecule has 1 atom stereocenters. The molecule has 0 aliphatic heterocycles. The topological polar surface area (TPSA) is 65.0 Å². The van der Waals surface area contributed by atoms with Crippen LogP contribution in [0.15, 0.2) is 0 Å². The number of rotatable bonds is 11. The van der Waals surface area contributed by atoms with Crippen molar-refractivity contribution >= 4 is 7.82 Å². The second-order valence-corrected chi connectivity index (χ2v) is 4.89. The molecule has 0 aromatic heterocycles. The van der Waals surface area contributed by atoms with Crippen molar-refractivity contribution in [2.45, 2.75) is 52.4 Å². The molecule has 0 saturated carbocycles. The first-order chi connectivity index (χ1) is 7.62. The lowest BCUT2D eigenvalue weighted by Gasteiger charge is -2.09. The highest BCUT2D eigenvalue weighted by molar-refractivity contribution is 7.47. The van der Waals surface area contributed by atoms with E-state index in [0.29, 0.717) is 6.61 Å². The van der Waals surface area contributed by atoms with Gasteiger partial charge in [0, 0.05) is 0 Å². The molecule has 6 heteroatoms. The van der Waals surface area contributed by atoms with Crippen LogP contribution in [0.4, 0.5) is 0 Å². The number of hydrogen-bond donors (Lipinski definition) is 1. The molecule has 0 aliphatic carbocycles. The SMILES string of the molecule is CCCCCCCCOOP(=O)(O)OCC. The van der Waals surface area contributed by atoms with E-state index in [1.54, 1.807) is 6.92 Å². The Morgan fingerprint density at radius 2 is 1.69 bits per heavy atom. The van der Waals surface area contributed by atoms with Gasteiger partial charge in [-0.05, 0) is 13.3 Å². The molecule has 98 valence electrons. The Balaban J connectivity index is 3.23. The Labute approximate surface area is 97.6 Å². The maximum absolute atomic E-state index is 11.0. The zero-order chi connectivity index (χ0) is 12.3. The van der Waals surface area contributed by atoms with Crippen molar-refractivity contribution in [1.29, 1.82) is 0 Å². The highest BCUT2D eigenvalue weighted by Crippen LogP contribution is 2.43. The molecule has 0 radical (unpaired) electrons. The zero-order valence-corrected chi connectivity index (χ0v) is 11.1. The van der Waals surface area contributed by atoms with Crippen molar-refractivity contribution < 1.29 is 23.5 Å². The average molecular weight is 254 g/mol. The van der Waals surface area contributed by atoms with Crippen molar-refractivity contribution in [3.05, 3.63) is 0 Å². The molecular formula is C10H23O5P. The summed E-state index contributed by atoms with van der Waals surface area (Å²) in [6.45, 7) is 4.22. The fraction of sp³-hybridized carbons (Fsp3) is 1.00. The van der Waals surface area contributed by atoms with Gasteiger partial charge in [0.25, 0.3) is 0 Å². The van der Waals surface area contributed by atoms with Crippen LogP contribution in [0.5, 0.6) is 0 Å². The Morgan fingerprint density at radius 1 is 1.06 bits per heavy atom. The van der Waals surface area contributed by atoms with Gasteiger partial charge in [0.05, 0.1) is 13.2 Å². The number of hydrogen-bond acceptors (Lipinski definition) is 4. The van der Waals surface area contributed by atoms with Crippen LogP contribution in [0.1, 0.15) is 52.4 Å². The normalized spacial score (nSPS) is 14.9. The van der Waals surface area contributed by atoms with Crippen LogP contribution in [-0.2, 0) is 18.7 Å². The molecule has 16 heavy (non-hydrogen) atoms. The van der Waals surface area contributed by atoms with Crippen LogP contribution in [0.25, 0.3) is 0 Å². The zero-order valence-electron chi connectivity index (χ0n) is 10.2. The minimum absolute atomic E-state index is 0.119. The molecule has 0 bridgehead atoms. The summed E-state index contributed by atoms with van der Waals surface area (Å²) in [5, 5.41) is 0. The number of phosphoric ester groups is 1. The molecule has 0 heterocycles. The molecule has 0 aromatic rings. The van der Waals surface area contributed by atoms with Crippen LogP contribution in [-0.4, -0.2) is 18.1 Å². The molecule has 0 aromatic carbocycles. The van der Waals surface area contributed by atoms with E-state index >= 15 is 0 Å². The lowest BCUT2D eigenvalue weighted by atomic mass is 10.1. The first kappa shape index (κ1) is 16.1. The van der Waals surface area contributed by atoms with E-state index in [9.17, 15) is 4.57 Å². The van der Waals surface area contributed by atoms with Gasteiger partial charge in [-0.1, -0.05) is 39.0 Å². The van der Waals surface area contributed by atoms with Gasteiger partial charge in [-0.25, -0.2) is 9.45 Å². The fourth-order valence-electron chi connectivity index (χ4n) is 1.23. The van der Waals surface area contributed by atoms with Crippen molar-refractivity contribution in [2.24, 2.45) is 0 Å². The maximum Gasteiger partial charge on any atom is 0.499 e. The van der Waals surface area contributed by atoms with E-state index in [0.717, 1.165) is 12.8 Å². The molecule has 0 saturated heterocycles. The number of phosphoric acid groups is 1. The Kier molecular flexibility index (Phi) is 10.3. The largest absolute Gasteiger partial charge is 0.499 e. The second-order valence-electron chi connectivity index (χ2n) is 3.55. The summed E-state index contributed by atoms with van der Waals surface area (Å²) in [4.78, 5) is 13.6. The van der Waals surface area contributed by atoms with Gasteiger partial charge in [0.15, 0.2) is 0 Å². The summed E-state index contributed by atoms with van der Waals surface area (Å²) in [5.74, 6) is 0. The van der Waals surface area contributed by atoms with Gasteiger partial charge < -0.3 is 4.89 Å². The Hall–Kier alpha value is 0.0700. The summed E-state index contributed by atoms with van der Waals surface area (Å²) in [6.07, 6.45) is 6.76. The molecule has 0 amide bonds. The molecule has 0 fully saturated rings. The van der Waals surface area contributed by atoms with Crippen LogP contribution in [0, 0.1) is 0 Å². The third-order valence-corrected chi connectivity index (χ3v) is 2.90. The summed E-state index contributed by atoms with van der Waals surface area (Å²) in [6, 6.07) is 0. The van der Waals surface area contributed by atoms with Crippen LogP contribution < -0.4 is 0 Å². The molecule has 0 spiro atoms. The Bertz CT molecular complexity index is 198. The minimum atomic E-state index is -3.98. The smallest absolute Gasteiger partial charge is 0.301 e. The van der Waals surface area contributed by atoms with E-state index in [1.165, 1.54) is 25.7 Å². The van der Waals surface area contributed by atoms with Gasteiger partial charge in [-0.3, -0.25) is 4.52 Å². The summed E-state index contributed by atoms with van der Waals surface area (Å²) in [5.41, 5.74) is 0. The predicted octanol–water partition coefficient (Wildman–Crippen LogP) is 3.43. The molecular weight excluding hydrogens is 231 g/mol. The second kappa shape index (κ2) is 10.2. The van der Waals surface area contributed by atoms with Gasteiger partial charge in [0.1, 0.15) is 0 Å². The highest BCUT2D eigenvalue weighted by atomic mass is 31.2. The van der Waals surface area contributed by atoms with Crippen molar-refractivity contribution in [2.75, 3.05) is 13.2 Å². The van der Waals surface area contributed by atoms with E-state index in [4.69, 9.17) is 4.89 Å². The van der Waals surface area contributed by atoms with Gasteiger partial charge in [-0.2, -0.15) is 0 Å². The van der Waals surface area contributed by atoms with Crippen LogP contribution in [0.3, 0.4) is 0 Å². The fourth-order valence-corrected chi connectivity index (χ4v) is 1.81. The molecule has 0 aliphatic rings. The summed E-state index contributed by atoms with van der Waals surface area (Å²) >= 11 is 0. The molecule has 0 rings (SSSR count). The average Bonchev–Trinajstić information content (AvgIpc) is 2.22. The van der Waals surface area contributed by atoms with Crippen molar-refractivity contribution in [1.82, 2.24) is 0 Å². The van der Waals surface area contributed by atoms with E-state index in [-0.39, 0.29) is 6.61 Å². The minimum Gasteiger partial charge on any atom is -0.301 e. The van der Waals surface area contributed by atoms with E-state index in [2.05, 4.69) is 21.0 Å².